The molecule has 0 bridgehead atoms. The lowest BCUT2D eigenvalue weighted by Gasteiger charge is -2.15. The molecule has 0 saturated heterocycles. The van der Waals surface area contributed by atoms with Crippen LogP contribution in [0, 0.1) is 18.6 Å². The van der Waals surface area contributed by atoms with E-state index in [1.807, 2.05) is 12.3 Å². The van der Waals surface area contributed by atoms with Crippen LogP contribution in [0.25, 0.3) is 0 Å². The van der Waals surface area contributed by atoms with Crippen molar-refractivity contribution in [2.75, 3.05) is 0 Å². The first kappa shape index (κ1) is 16.4. The second-order valence-electron chi connectivity index (χ2n) is 4.99. The summed E-state index contributed by atoms with van der Waals surface area (Å²) in [5.41, 5.74) is 0.760. The van der Waals surface area contributed by atoms with E-state index in [4.69, 9.17) is 0 Å². The van der Waals surface area contributed by atoms with E-state index in [-0.39, 0.29) is 12.0 Å². The Morgan fingerprint density at radius 2 is 2.05 bits per heavy atom. The molecular formula is C15H17F2N3OS. The van der Waals surface area contributed by atoms with Gasteiger partial charge in [0.1, 0.15) is 11.6 Å². The summed E-state index contributed by atoms with van der Waals surface area (Å²) in [6.45, 7) is 3.90. The Morgan fingerprint density at radius 3 is 2.64 bits per heavy atom. The highest BCUT2D eigenvalue weighted by Crippen LogP contribution is 2.14. The van der Waals surface area contributed by atoms with E-state index in [0.717, 1.165) is 10.7 Å². The quantitative estimate of drug-likeness (QED) is 0.887. The molecule has 118 valence electrons. The third-order valence-electron chi connectivity index (χ3n) is 3.05. The van der Waals surface area contributed by atoms with E-state index in [1.165, 1.54) is 29.5 Å². The number of nitrogens with one attached hydrogen (secondary N) is 2. The molecular weight excluding hydrogens is 308 g/mol. The van der Waals surface area contributed by atoms with Crippen LogP contribution >= 0.6 is 11.3 Å². The molecule has 2 rings (SSSR count). The molecule has 1 aromatic carbocycles. The predicted molar refractivity (Wildman–Crippen MR) is 81.7 cm³/mol. The fraction of sp³-hybridized carbons (Fsp3) is 0.333. The van der Waals surface area contributed by atoms with Crippen LogP contribution in [-0.2, 0) is 13.0 Å². The van der Waals surface area contributed by atoms with Crippen LogP contribution in [0.2, 0.25) is 0 Å². The molecule has 7 heteroatoms. The maximum atomic E-state index is 13.5. The predicted octanol–water partition coefficient (Wildman–Crippen LogP) is 3.16. The highest BCUT2D eigenvalue weighted by Gasteiger charge is 2.14. The van der Waals surface area contributed by atoms with Crippen LogP contribution in [0.5, 0.6) is 0 Å². The zero-order chi connectivity index (χ0) is 16.1. The Bertz CT molecular complexity index is 640. The van der Waals surface area contributed by atoms with Gasteiger partial charge < -0.3 is 10.6 Å². The van der Waals surface area contributed by atoms with Crippen molar-refractivity contribution in [1.82, 2.24) is 15.6 Å². The lowest BCUT2D eigenvalue weighted by atomic mass is 10.1. The van der Waals surface area contributed by atoms with Crippen molar-refractivity contribution in [2.24, 2.45) is 0 Å². The SMILES string of the molecule is Cc1nc(CNC(=O)N[C@H](C)Cc2c(F)cccc2F)cs1. The van der Waals surface area contributed by atoms with Crippen molar-refractivity contribution < 1.29 is 13.6 Å². The first-order valence-electron chi connectivity index (χ1n) is 6.84. The lowest BCUT2D eigenvalue weighted by Crippen LogP contribution is -2.41. The largest absolute Gasteiger partial charge is 0.335 e. The minimum atomic E-state index is -0.605. The fourth-order valence-corrected chi connectivity index (χ4v) is 2.63. The molecule has 1 heterocycles. The molecule has 0 spiro atoms. The number of amides is 2. The fourth-order valence-electron chi connectivity index (χ4n) is 2.02. The zero-order valence-electron chi connectivity index (χ0n) is 12.3. The molecule has 0 unspecified atom stereocenters. The Kier molecular flexibility index (Phi) is 5.43. The molecule has 0 aliphatic rings. The molecule has 4 nitrogen and oxygen atoms in total. The van der Waals surface area contributed by atoms with Crippen molar-refractivity contribution in [3.05, 3.63) is 51.5 Å². The first-order valence-corrected chi connectivity index (χ1v) is 7.72. The van der Waals surface area contributed by atoms with Crippen LogP contribution in [0.4, 0.5) is 13.6 Å². The summed E-state index contributed by atoms with van der Waals surface area (Å²) in [7, 11) is 0. The van der Waals surface area contributed by atoms with Gasteiger partial charge in [-0.1, -0.05) is 6.07 Å². The van der Waals surface area contributed by atoms with Crippen LogP contribution in [0.15, 0.2) is 23.6 Å². The minimum Gasteiger partial charge on any atom is -0.335 e. The number of carbonyl (C=O) groups is 1. The summed E-state index contributed by atoms with van der Waals surface area (Å²) in [5, 5.41) is 8.12. The van der Waals surface area contributed by atoms with E-state index in [0.29, 0.717) is 6.54 Å². The van der Waals surface area contributed by atoms with Gasteiger partial charge >= 0.3 is 6.03 Å². The van der Waals surface area contributed by atoms with Gasteiger partial charge in [-0.3, -0.25) is 0 Å². The van der Waals surface area contributed by atoms with E-state index in [9.17, 15) is 13.6 Å². The average molecular weight is 325 g/mol. The standard InChI is InChI=1S/C15H17F2N3OS/c1-9(6-12-13(16)4-3-5-14(12)17)19-15(21)18-7-11-8-22-10(2)20-11/h3-5,8-9H,6-7H2,1-2H3,(H2,18,19,21)/t9-/m1/s1. The summed E-state index contributed by atoms with van der Waals surface area (Å²) in [5.74, 6) is -1.21. The smallest absolute Gasteiger partial charge is 0.315 e. The van der Waals surface area contributed by atoms with E-state index in [2.05, 4.69) is 15.6 Å². The summed E-state index contributed by atoms with van der Waals surface area (Å²) in [6, 6.07) is 2.93. The normalized spacial score (nSPS) is 12.0. The topological polar surface area (TPSA) is 54.0 Å². The monoisotopic (exact) mass is 325 g/mol. The molecule has 2 amide bonds. The number of rotatable bonds is 5. The molecule has 1 atom stereocenters. The van der Waals surface area contributed by atoms with Gasteiger partial charge in [-0.05, 0) is 32.4 Å². The van der Waals surface area contributed by atoms with E-state index < -0.39 is 23.7 Å². The van der Waals surface area contributed by atoms with Crippen molar-refractivity contribution in [2.45, 2.75) is 32.9 Å². The van der Waals surface area contributed by atoms with Crippen molar-refractivity contribution in [1.29, 1.82) is 0 Å². The number of nitrogens with zero attached hydrogens (tertiary/aromatic N) is 1. The number of urea groups is 1. The molecule has 0 radical (unpaired) electrons. The number of aromatic nitrogens is 1. The number of aryl methyl sites for hydroxylation is 1. The van der Waals surface area contributed by atoms with Crippen LogP contribution in [0.3, 0.4) is 0 Å². The molecule has 0 aliphatic heterocycles. The number of thiazole rings is 1. The third kappa shape index (κ3) is 4.49. The summed E-state index contributed by atoms with van der Waals surface area (Å²) >= 11 is 1.51. The van der Waals surface area contributed by atoms with E-state index in [1.54, 1.807) is 6.92 Å². The van der Waals surface area contributed by atoms with Gasteiger partial charge in [0.05, 0.1) is 17.2 Å². The summed E-state index contributed by atoms with van der Waals surface area (Å²) in [4.78, 5) is 16.0. The maximum absolute atomic E-state index is 13.5. The molecule has 2 aromatic rings. The van der Waals surface area contributed by atoms with Gasteiger partial charge in [-0.25, -0.2) is 18.6 Å². The number of halogens is 2. The van der Waals surface area contributed by atoms with Crippen LogP contribution < -0.4 is 10.6 Å². The third-order valence-corrected chi connectivity index (χ3v) is 3.87. The molecule has 1 aromatic heterocycles. The Hall–Kier alpha value is -2.02. The van der Waals surface area contributed by atoms with Crippen molar-refractivity contribution in [3.8, 4) is 0 Å². The molecule has 0 fully saturated rings. The summed E-state index contributed by atoms with van der Waals surface area (Å²) < 4.78 is 27.1. The zero-order valence-corrected chi connectivity index (χ0v) is 13.1. The van der Waals surface area contributed by atoms with Crippen LogP contribution in [0.1, 0.15) is 23.2 Å². The van der Waals surface area contributed by atoms with Gasteiger partial charge in [-0.2, -0.15) is 0 Å². The van der Waals surface area contributed by atoms with Gasteiger partial charge in [-0.15, -0.1) is 11.3 Å². The molecule has 0 aliphatic carbocycles. The van der Waals surface area contributed by atoms with Gasteiger partial charge in [0.25, 0.3) is 0 Å². The van der Waals surface area contributed by atoms with E-state index >= 15 is 0 Å². The van der Waals surface area contributed by atoms with Gasteiger partial charge in [0.15, 0.2) is 0 Å². The van der Waals surface area contributed by atoms with Gasteiger partial charge in [0.2, 0.25) is 0 Å². The number of carbonyl (C=O) groups excluding carboxylic acids is 1. The Labute approximate surface area is 131 Å². The summed E-state index contributed by atoms with van der Waals surface area (Å²) in [6.07, 6.45) is 0.0851. The second kappa shape index (κ2) is 7.31. The highest BCUT2D eigenvalue weighted by atomic mass is 32.1. The second-order valence-corrected chi connectivity index (χ2v) is 6.05. The Balaban J connectivity index is 1.83. The first-order chi connectivity index (χ1) is 10.5. The number of hydrogen-bond acceptors (Lipinski definition) is 3. The van der Waals surface area contributed by atoms with Gasteiger partial charge in [0, 0.05) is 17.0 Å². The van der Waals surface area contributed by atoms with Crippen LogP contribution in [-0.4, -0.2) is 17.1 Å². The number of hydrogen-bond donors (Lipinski definition) is 2. The average Bonchev–Trinajstić information content (AvgIpc) is 2.86. The minimum absolute atomic E-state index is 0.0228. The van der Waals surface area contributed by atoms with Crippen molar-refractivity contribution in [3.63, 3.8) is 0 Å². The lowest BCUT2D eigenvalue weighted by molar-refractivity contribution is 0.237. The van der Waals surface area contributed by atoms with Crippen molar-refractivity contribution >= 4 is 17.4 Å². The number of benzene rings is 1. The highest BCUT2D eigenvalue weighted by molar-refractivity contribution is 7.09. The molecule has 22 heavy (non-hydrogen) atoms. The molecule has 0 saturated carbocycles. The maximum Gasteiger partial charge on any atom is 0.315 e. The molecule has 2 N–H and O–H groups in total. The Morgan fingerprint density at radius 1 is 1.36 bits per heavy atom.